The lowest BCUT2D eigenvalue weighted by Crippen LogP contribution is -2.37. The summed E-state index contributed by atoms with van der Waals surface area (Å²) >= 11 is 0. The number of anilines is 1. The quantitative estimate of drug-likeness (QED) is 0.871. The fourth-order valence-corrected chi connectivity index (χ4v) is 4.45. The van der Waals surface area contributed by atoms with Crippen LogP contribution in [0.1, 0.15) is 37.3 Å². The van der Waals surface area contributed by atoms with Crippen molar-refractivity contribution in [1.82, 2.24) is 4.90 Å². The van der Waals surface area contributed by atoms with Gasteiger partial charge in [-0.3, -0.25) is 14.5 Å². The number of nitrogens with one attached hydrogen (secondary N) is 1. The molecule has 0 bridgehead atoms. The van der Waals surface area contributed by atoms with Crippen molar-refractivity contribution in [2.24, 2.45) is 11.3 Å². The van der Waals surface area contributed by atoms with Crippen LogP contribution in [0.5, 0.6) is 0 Å². The van der Waals surface area contributed by atoms with E-state index in [1.165, 1.54) is 0 Å². The number of para-hydroxylation sites is 1. The first-order chi connectivity index (χ1) is 11.5. The third-order valence-corrected chi connectivity index (χ3v) is 5.74. The molecule has 0 unspecified atom stereocenters. The third-order valence-electron chi connectivity index (χ3n) is 5.74. The minimum atomic E-state index is -0.694. The molecule has 2 fully saturated rings. The maximum Gasteiger partial charge on any atom is 0.311 e. The molecular formula is C19H26N2O3. The van der Waals surface area contributed by atoms with Crippen LogP contribution in [0.2, 0.25) is 0 Å². The number of hydrogen-bond donors (Lipinski definition) is 2. The second-order valence-corrected chi connectivity index (χ2v) is 7.23. The maximum absolute atomic E-state index is 12.5. The van der Waals surface area contributed by atoms with Crippen molar-refractivity contribution in [3.8, 4) is 0 Å². The molecule has 1 aliphatic heterocycles. The Kier molecular flexibility index (Phi) is 4.63. The van der Waals surface area contributed by atoms with E-state index in [4.69, 9.17) is 0 Å². The highest BCUT2D eigenvalue weighted by molar-refractivity contribution is 5.94. The Hall–Kier alpha value is -1.88. The standard InChI is InChI=1S/C19H26N2O3/c1-3-14-7-4-6-13(2)17(14)20-16(22)11-21-10-15-8-5-9-19(15,12-21)18(23)24/h4,6-7,15H,3,5,8-12H2,1-2H3,(H,20,22)(H,23,24)/t15-,19+/m0/s1. The first-order valence-electron chi connectivity index (χ1n) is 8.80. The molecule has 1 amide bonds. The lowest BCUT2D eigenvalue weighted by Gasteiger charge is -2.23. The average Bonchev–Trinajstić information content (AvgIpc) is 3.07. The molecule has 3 rings (SSSR count). The Bertz CT molecular complexity index is 658. The van der Waals surface area contributed by atoms with Crippen molar-refractivity contribution in [3.63, 3.8) is 0 Å². The summed E-state index contributed by atoms with van der Waals surface area (Å²) in [5.74, 6) is -0.563. The van der Waals surface area contributed by atoms with Crippen LogP contribution >= 0.6 is 0 Å². The van der Waals surface area contributed by atoms with Crippen molar-refractivity contribution >= 4 is 17.6 Å². The summed E-state index contributed by atoms with van der Waals surface area (Å²) in [4.78, 5) is 26.2. The first-order valence-corrected chi connectivity index (χ1v) is 8.80. The number of carbonyl (C=O) groups is 2. The van der Waals surface area contributed by atoms with E-state index in [0.29, 0.717) is 13.1 Å². The number of nitrogens with zero attached hydrogens (tertiary/aromatic N) is 1. The monoisotopic (exact) mass is 330 g/mol. The highest BCUT2D eigenvalue weighted by atomic mass is 16.4. The van der Waals surface area contributed by atoms with E-state index < -0.39 is 11.4 Å². The van der Waals surface area contributed by atoms with E-state index in [0.717, 1.165) is 42.5 Å². The predicted octanol–water partition coefficient (Wildman–Crippen LogP) is 2.68. The average molecular weight is 330 g/mol. The van der Waals surface area contributed by atoms with Crippen LogP contribution in [-0.4, -0.2) is 41.5 Å². The van der Waals surface area contributed by atoms with Crippen LogP contribution in [0.25, 0.3) is 0 Å². The molecule has 2 N–H and O–H groups in total. The minimum Gasteiger partial charge on any atom is -0.481 e. The molecule has 130 valence electrons. The van der Waals surface area contributed by atoms with Crippen molar-refractivity contribution in [2.45, 2.75) is 39.5 Å². The van der Waals surface area contributed by atoms with Gasteiger partial charge in [-0.25, -0.2) is 0 Å². The van der Waals surface area contributed by atoms with Gasteiger partial charge in [0, 0.05) is 18.8 Å². The molecule has 0 spiro atoms. The minimum absolute atomic E-state index is 0.0560. The number of likely N-dealkylation sites (tertiary alicyclic amines) is 1. The Balaban J connectivity index is 1.66. The van der Waals surface area contributed by atoms with Gasteiger partial charge in [0.2, 0.25) is 5.91 Å². The molecule has 1 aromatic rings. The molecule has 5 heteroatoms. The van der Waals surface area contributed by atoms with E-state index in [1.807, 2.05) is 30.0 Å². The number of carboxylic acid groups (broad SMARTS) is 1. The van der Waals surface area contributed by atoms with E-state index >= 15 is 0 Å². The highest BCUT2D eigenvalue weighted by Gasteiger charge is 2.54. The van der Waals surface area contributed by atoms with Gasteiger partial charge in [0.15, 0.2) is 0 Å². The summed E-state index contributed by atoms with van der Waals surface area (Å²) in [6.07, 6.45) is 3.55. The van der Waals surface area contributed by atoms with Gasteiger partial charge in [-0.15, -0.1) is 0 Å². The zero-order valence-electron chi connectivity index (χ0n) is 14.5. The number of carboxylic acids is 1. The first kappa shape index (κ1) is 17.0. The molecule has 2 aliphatic rings. The van der Waals surface area contributed by atoms with Gasteiger partial charge < -0.3 is 10.4 Å². The Labute approximate surface area is 143 Å². The molecule has 1 heterocycles. The molecule has 2 atom stereocenters. The van der Waals surface area contributed by atoms with Gasteiger partial charge in [0.05, 0.1) is 12.0 Å². The lowest BCUT2D eigenvalue weighted by atomic mass is 9.81. The van der Waals surface area contributed by atoms with Crippen LogP contribution in [-0.2, 0) is 16.0 Å². The third kappa shape index (κ3) is 2.93. The molecule has 1 saturated heterocycles. The number of amides is 1. The summed E-state index contributed by atoms with van der Waals surface area (Å²) < 4.78 is 0. The molecule has 1 aliphatic carbocycles. The number of aryl methyl sites for hydroxylation is 2. The number of fused-ring (bicyclic) bond motifs is 1. The Morgan fingerprint density at radius 2 is 2.21 bits per heavy atom. The van der Waals surface area contributed by atoms with Crippen LogP contribution in [0.4, 0.5) is 5.69 Å². The summed E-state index contributed by atoms with van der Waals surface area (Å²) in [5, 5.41) is 12.7. The van der Waals surface area contributed by atoms with Gasteiger partial charge in [-0.2, -0.15) is 0 Å². The topological polar surface area (TPSA) is 69.6 Å². The van der Waals surface area contributed by atoms with Crippen molar-refractivity contribution < 1.29 is 14.7 Å². The summed E-state index contributed by atoms with van der Waals surface area (Å²) in [7, 11) is 0. The number of carbonyl (C=O) groups excluding carboxylic acids is 1. The van der Waals surface area contributed by atoms with Crippen molar-refractivity contribution in [2.75, 3.05) is 25.0 Å². The smallest absolute Gasteiger partial charge is 0.311 e. The van der Waals surface area contributed by atoms with E-state index in [-0.39, 0.29) is 18.4 Å². The van der Waals surface area contributed by atoms with Crippen molar-refractivity contribution in [3.05, 3.63) is 29.3 Å². The van der Waals surface area contributed by atoms with Gasteiger partial charge in [0.1, 0.15) is 0 Å². The van der Waals surface area contributed by atoms with E-state index in [1.54, 1.807) is 0 Å². The summed E-state index contributed by atoms with van der Waals surface area (Å²) in [5.41, 5.74) is 2.46. The largest absolute Gasteiger partial charge is 0.481 e. The maximum atomic E-state index is 12.5. The van der Waals surface area contributed by atoms with Crippen LogP contribution < -0.4 is 5.32 Å². The SMILES string of the molecule is CCc1cccc(C)c1NC(=O)CN1C[C@@H]2CCC[C@@]2(C(=O)O)C1. The van der Waals surface area contributed by atoms with Crippen LogP contribution in [0, 0.1) is 18.3 Å². The molecule has 0 radical (unpaired) electrons. The second-order valence-electron chi connectivity index (χ2n) is 7.23. The van der Waals surface area contributed by atoms with Crippen LogP contribution in [0.3, 0.4) is 0 Å². The van der Waals surface area contributed by atoms with Gasteiger partial charge >= 0.3 is 5.97 Å². The van der Waals surface area contributed by atoms with Crippen molar-refractivity contribution in [1.29, 1.82) is 0 Å². The predicted molar refractivity (Wildman–Crippen MR) is 93.0 cm³/mol. The molecular weight excluding hydrogens is 304 g/mol. The zero-order valence-corrected chi connectivity index (χ0v) is 14.5. The van der Waals surface area contributed by atoms with Gasteiger partial charge in [-0.1, -0.05) is 31.5 Å². The number of hydrogen-bond acceptors (Lipinski definition) is 3. The molecule has 1 saturated carbocycles. The normalized spacial score (nSPS) is 26.3. The summed E-state index contributed by atoms with van der Waals surface area (Å²) in [6, 6.07) is 6.03. The van der Waals surface area contributed by atoms with Gasteiger partial charge in [-0.05, 0) is 43.2 Å². The van der Waals surface area contributed by atoms with E-state index in [9.17, 15) is 14.7 Å². The molecule has 5 nitrogen and oxygen atoms in total. The highest BCUT2D eigenvalue weighted by Crippen LogP contribution is 2.48. The van der Waals surface area contributed by atoms with Crippen LogP contribution in [0.15, 0.2) is 18.2 Å². The zero-order chi connectivity index (χ0) is 17.3. The fourth-order valence-electron chi connectivity index (χ4n) is 4.45. The fraction of sp³-hybridized carbons (Fsp3) is 0.579. The molecule has 0 aromatic heterocycles. The number of rotatable bonds is 5. The molecule has 24 heavy (non-hydrogen) atoms. The van der Waals surface area contributed by atoms with Gasteiger partial charge in [0.25, 0.3) is 0 Å². The second kappa shape index (κ2) is 6.55. The lowest BCUT2D eigenvalue weighted by molar-refractivity contribution is -0.149. The number of benzene rings is 1. The molecule has 1 aromatic carbocycles. The Morgan fingerprint density at radius 3 is 2.88 bits per heavy atom. The number of aliphatic carboxylic acids is 1. The van der Waals surface area contributed by atoms with E-state index in [2.05, 4.69) is 12.2 Å². The Morgan fingerprint density at radius 1 is 1.42 bits per heavy atom. The summed E-state index contributed by atoms with van der Waals surface area (Å²) in [6.45, 7) is 5.54.